The Kier molecular flexibility index (Phi) is 5.89. The van der Waals surface area contributed by atoms with Gasteiger partial charge in [0.2, 0.25) is 0 Å². The molecule has 1 atom stereocenters. The maximum atomic E-state index is 12.9. The SMILES string of the molecule is CCC1CCCCN1C(=O)c1cc(C(=O)Nc2ccc(C)cc2C)ccn1. The minimum Gasteiger partial charge on any atom is -0.334 e. The lowest BCUT2D eigenvalue weighted by molar-refractivity contribution is 0.0602. The van der Waals surface area contributed by atoms with Crippen LogP contribution in [0.2, 0.25) is 0 Å². The summed E-state index contributed by atoms with van der Waals surface area (Å²) in [5.74, 6) is -0.313. The highest BCUT2D eigenvalue weighted by atomic mass is 16.2. The highest BCUT2D eigenvalue weighted by Gasteiger charge is 2.27. The zero-order valence-electron chi connectivity index (χ0n) is 16.3. The van der Waals surface area contributed by atoms with Gasteiger partial charge in [0.05, 0.1) is 0 Å². The third-order valence-corrected chi connectivity index (χ3v) is 5.23. The summed E-state index contributed by atoms with van der Waals surface area (Å²) in [5, 5.41) is 2.93. The summed E-state index contributed by atoms with van der Waals surface area (Å²) >= 11 is 0. The molecule has 2 aromatic rings. The molecule has 0 saturated carbocycles. The Balaban J connectivity index is 1.78. The molecule has 27 heavy (non-hydrogen) atoms. The average Bonchev–Trinajstić information content (AvgIpc) is 2.69. The molecule has 0 bridgehead atoms. The molecular formula is C22H27N3O2. The zero-order chi connectivity index (χ0) is 19.4. The van der Waals surface area contributed by atoms with Crippen molar-refractivity contribution in [2.24, 2.45) is 0 Å². The summed E-state index contributed by atoms with van der Waals surface area (Å²) in [5.41, 5.74) is 3.71. The minimum atomic E-state index is -0.232. The van der Waals surface area contributed by atoms with Crippen LogP contribution in [0.3, 0.4) is 0 Å². The fourth-order valence-corrected chi connectivity index (χ4v) is 3.68. The molecule has 1 aliphatic heterocycles. The van der Waals surface area contributed by atoms with Crippen molar-refractivity contribution in [2.75, 3.05) is 11.9 Å². The highest BCUT2D eigenvalue weighted by molar-refractivity contribution is 6.06. The van der Waals surface area contributed by atoms with Crippen LogP contribution in [-0.2, 0) is 0 Å². The van der Waals surface area contributed by atoms with Crippen LogP contribution in [0.25, 0.3) is 0 Å². The van der Waals surface area contributed by atoms with Crippen molar-refractivity contribution in [2.45, 2.75) is 52.5 Å². The van der Waals surface area contributed by atoms with Gasteiger partial charge in [0, 0.05) is 30.0 Å². The molecule has 5 nitrogen and oxygen atoms in total. The van der Waals surface area contributed by atoms with E-state index in [1.807, 2.05) is 36.9 Å². The van der Waals surface area contributed by atoms with Gasteiger partial charge < -0.3 is 10.2 Å². The van der Waals surface area contributed by atoms with Gasteiger partial charge in [-0.05, 0) is 63.3 Å². The lowest BCUT2D eigenvalue weighted by atomic mass is 9.99. The number of anilines is 1. The summed E-state index contributed by atoms with van der Waals surface area (Å²) in [4.78, 5) is 31.7. The molecule has 5 heteroatoms. The van der Waals surface area contributed by atoms with Crippen molar-refractivity contribution in [3.63, 3.8) is 0 Å². The van der Waals surface area contributed by atoms with E-state index in [2.05, 4.69) is 17.2 Å². The number of hydrogen-bond acceptors (Lipinski definition) is 3. The van der Waals surface area contributed by atoms with E-state index in [1.54, 1.807) is 12.1 Å². The van der Waals surface area contributed by atoms with Gasteiger partial charge in [-0.15, -0.1) is 0 Å². The second kappa shape index (κ2) is 8.33. The van der Waals surface area contributed by atoms with Gasteiger partial charge in [0.15, 0.2) is 0 Å². The molecule has 2 amide bonds. The predicted octanol–water partition coefficient (Wildman–Crippen LogP) is 4.36. The standard InChI is InChI=1S/C22H27N3O2/c1-4-18-7-5-6-12-25(18)22(27)20-14-17(10-11-23-20)21(26)24-19-9-8-15(2)13-16(19)3/h8-11,13-14,18H,4-7,12H2,1-3H3,(H,24,26). The Bertz CT molecular complexity index is 847. The first-order chi connectivity index (χ1) is 13.0. The number of nitrogens with one attached hydrogen (secondary N) is 1. The fourth-order valence-electron chi connectivity index (χ4n) is 3.68. The van der Waals surface area contributed by atoms with Gasteiger partial charge in [0.1, 0.15) is 5.69 Å². The van der Waals surface area contributed by atoms with E-state index >= 15 is 0 Å². The number of piperidine rings is 1. The predicted molar refractivity (Wildman–Crippen MR) is 107 cm³/mol. The Hall–Kier alpha value is -2.69. The Labute approximate surface area is 160 Å². The number of hydrogen-bond donors (Lipinski definition) is 1. The monoisotopic (exact) mass is 365 g/mol. The van der Waals surface area contributed by atoms with Crippen molar-refractivity contribution in [1.82, 2.24) is 9.88 Å². The molecule has 142 valence electrons. The normalized spacial score (nSPS) is 16.9. The van der Waals surface area contributed by atoms with Crippen LogP contribution in [-0.4, -0.2) is 34.3 Å². The number of aromatic nitrogens is 1. The second-order valence-corrected chi connectivity index (χ2v) is 7.26. The van der Waals surface area contributed by atoms with E-state index in [1.165, 1.54) is 6.20 Å². The number of nitrogens with zero attached hydrogens (tertiary/aromatic N) is 2. The van der Waals surface area contributed by atoms with E-state index in [0.29, 0.717) is 11.3 Å². The van der Waals surface area contributed by atoms with Crippen molar-refractivity contribution in [3.8, 4) is 0 Å². The van der Waals surface area contributed by atoms with Crippen molar-refractivity contribution in [1.29, 1.82) is 0 Å². The van der Waals surface area contributed by atoms with Crippen LogP contribution >= 0.6 is 0 Å². The molecule has 2 heterocycles. The van der Waals surface area contributed by atoms with E-state index in [4.69, 9.17) is 0 Å². The molecule has 1 aliphatic rings. The smallest absolute Gasteiger partial charge is 0.272 e. The Morgan fingerprint density at radius 1 is 1.19 bits per heavy atom. The van der Waals surface area contributed by atoms with Gasteiger partial charge in [-0.2, -0.15) is 0 Å². The fraction of sp³-hybridized carbons (Fsp3) is 0.409. The number of carbonyl (C=O) groups excluding carboxylic acids is 2. The van der Waals surface area contributed by atoms with E-state index < -0.39 is 0 Å². The van der Waals surface area contributed by atoms with Gasteiger partial charge in [0.25, 0.3) is 11.8 Å². The number of amides is 2. The van der Waals surface area contributed by atoms with Crippen LogP contribution < -0.4 is 5.32 Å². The molecule has 1 unspecified atom stereocenters. The van der Waals surface area contributed by atoms with Crippen molar-refractivity contribution >= 4 is 17.5 Å². The maximum Gasteiger partial charge on any atom is 0.272 e. The number of benzene rings is 1. The summed E-state index contributed by atoms with van der Waals surface area (Å²) in [7, 11) is 0. The summed E-state index contributed by atoms with van der Waals surface area (Å²) < 4.78 is 0. The first kappa shape index (κ1) is 19.1. The summed E-state index contributed by atoms with van der Waals surface area (Å²) in [6.45, 7) is 6.85. The maximum absolute atomic E-state index is 12.9. The number of aryl methyl sites for hydroxylation is 2. The Morgan fingerprint density at radius 3 is 2.74 bits per heavy atom. The first-order valence-electron chi connectivity index (χ1n) is 9.65. The van der Waals surface area contributed by atoms with Crippen LogP contribution in [0.1, 0.15) is 64.6 Å². The number of rotatable bonds is 4. The molecule has 1 aromatic heterocycles. The largest absolute Gasteiger partial charge is 0.334 e. The van der Waals surface area contributed by atoms with Crippen molar-refractivity contribution in [3.05, 3.63) is 58.9 Å². The third-order valence-electron chi connectivity index (χ3n) is 5.23. The summed E-state index contributed by atoms with van der Waals surface area (Å²) in [6.07, 6.45) is 5.70. The van der Waals surface area contributed by atoms with Crippen LogP contribution in [0.5, 0.6) is 0 Å². The molecule has 1 aromatic carbocycles. The summed E-state index contributed by atoms with van der Waals surface area (Å²) in [6, 6.07) is 9.39. The first-order valence-corrected chi connectivity index (χ1v) is 9.65. The molecular weight excluding hydrogens is 338 g/mol. The molecule has 0 aliphatic carbocycles. The minimum absolute atomic E-state index is 0.0808. The van der Waals surface area contributed by atoms with Crippen LogP contribution in [0, 0.1) is 13.8 Å². The molecule has 1 saturated heterocycles. The lowest BCUT2D eigenvalue weighted by Crippen LogP contribution is -2.43. The van der Waals surface area contributed by atoms with Gasteiger partial charge in [-0.3, -0.25) is 14.6 Å². The number of likely N-dealkylation sites (tertiary alicyclic amines) is 1. The molecule has 0 radical (unpaired) electrons. The molecule has 0 spiro atoms. The zero-order valence-corrected chi connectivity index (χ0v) is 16.3. The lowest BCUT2D eigenvalue weighted by Gasteiger charge is -2.35. The van der Waals surface area contributed by atoms with Gasteiger partial charge in [-0.25, -0.2) is 0 Å². The van der Waals surface area contributed by atoms with Crippen molar-refractivity contribution < 1.29 is 9.59 Å². The number of carbonyl (C=O) groups is 2. The van der Waals surface area contributed by atoms with E-state index in [-0.39, 0.29) is 17.9 Å². The Morgan fingerprint density at radius 2 is 2.00 bits per heavy atom. The third kappa shape index (κ3) is 4.35. The second-order valence-electron chi connectivity index (χ2n) is 7.26. The van der Waals surface area contributed by atoms with E-state index in [0.717, 1.165) is 49.0 Å². The molecule has 1 N–H and O–H groups in total. The van der Waals surface area contributed by atoms with Gasteiger partial charge in [-0.1, -0.05) is 24.6 Å². The van der Waals surface area contributed by atoms with E-state index in [9.17, 15) is 9.59 Å². The molecule has 3 rings (SSSR count). The quantitative estimate of drug-likeness (QED) is 0.876. The highest BCUT2D eigenvalue weighted by Crippen LogP contribution is 2.22. The number of pyridine rings is 1. The average molecular weight is 365 g/mol. The van der Waals surface area contributed by atoms with Crippen LogP contribution in [0.15, 0.2) is 36.5 Å². The molecule has 1 fully saturated rings. The topological polar surface area (TPSA) is 62.3 Å². The van der Waals surface area contributed by atoms with Crippen LogP contribution in [0.4, 0.5) is 5.69 Å². The van der Waals surface area contributed by atoms with Gasteiger partial charge >= 0.3 is 0 Å².